The summed E-state index contributed by atoms with van der Waals surface area (Å²) < 4.78 is 45.7. The van der Waals surface area contributed by atoms with Gasteiger partial charge in [0.1, 0.15) is 28.8 Å². The second-order valence-corrected chi connectivity index (χ2v) is 4.88. The quantitative estimate of drug-likeness (QED) is 0.768. The van der Waals surface area contributed by atoms with E-state index in [0.717, 1.165) is 12.1 Å². The smallest absolute Gasteiger partial charge is 0.134 e. The van der Waals surface area contributed by atoms with Crippen LogP contribution in [0.1, 0.15) is 22.9 Å². The van der Waals surface area contributed by atoms with Gasteiger partial charge in [0.05, 0.1) is 6.04 Å². The molecule has 2 N–H and O–H groups in total. The molecule has 0 saturated heterocycles. The number of aryl methyl sites for hydroxylation is 1. The normalized spacial score (nSPS) is 12.8. The Kier molecular flexibility index (Phi) is 3.22. The second kappa shape index (κ2) is 4.93. The topological polar surface area (TPSA) is 39.2 Å². The maximum atomic E-state index is 13.8. The molecule has 3 aromatic rings. The molecule has 5 heteroatoms. The van der Waals surface area contributed by atoms with Crippen molar-refractivity contribution < 1.29 is 17.6 Å². The molecule has 0 radical (unpaired) electrons. The number of furan rings is 1. The SMILES string of the molecule is Cc1c(C(N)c2ccc(F)cc2F)oc2ccc(F)cc12. The van der Waals surface area contributed by atoms with Crippen LogP contribution >= 0.6 is 0 Å². The summed E-state index contributed by atoms with van der Waals surface area (Å²) in [5, 5.41) is 0.586. The monoisotopic (exact) mass is 291 g/mol. The Hall–Kier alpha value is -2.27. The Labute approximate surface area is 119 Å². The molecule has 0 spiro atoms. The van der Waals surface area contributed by atoms with Crippen LogP contribution < -0.4 is 5.73 Å². The molecular formula is C16H12F3NO. The van der Waals surface area contributed by atoms with Crippen molar-refractivity contribution >= 4 is 11.0 Å². The van der Waals surface area contributed by atoms with Crippen molar-refractivity contribution in [2.45, 2.75) is 13.0 Å². The first kappa shape index (κ1) is 13.7. The third kappa shape index (κ3) is 2.29. The molecule has 1 unspecified atom stereocenters. The Morgan fingerprint density at radius 1 is 1.00 bits per heavy atom. The van der Waals surface area contributed by atoms with E-state index in [0.29, 0.717) is 22.3 Å². The fourth-order valence-corrected chi connectivity index (χ4v) is 2.40. The zero-order valence-electron chi connectivity index (χ0n) is 11.2. The Morgan fingerprint density at radius 3 is 2.38 bits per heavy atom. The van der Waals surface area contributed by atoms with E-state index < -0.39 is 17.7 Å². The molecular weight excluding hydrogens is 279 g/mol. The zero-order chi connectivity index (χ0) is 15.1. The number of rotatable bonds is 2. The van der Waals surface area contributed by atoms with Crippen LogP contribution in [0.3, 0.4) is 0 Å². The van der Waals surface area contributed by atoms with Gasteiger partial charge in [0, 0.05) is 22.6 Å². The molecule has 3 rings (SSSR count). The maximum absolute atomic E-state index is 13.8. The minimum absolute atomic E-state index is 0.124. The van der Waals surface area contributed by atoms with Gasteiger partial charge in [-0.3, -0.25) is 0 Å². The van der Waals surface area contributed by atoms with Crippen LogP contribution in [0.25, 0.3) is 11.0 Å². The molecule has 2 aromatic carbocycles. The van der Waals surface area contributed by atoms with Gasteiger partial charge in [-0.15, -0.1) is 0 Å². The second-order valence-electron chi connectivity index (χ2n) is 4.88. The van der Waals surface area contributed by atoms with Crippen LogP contribution in [-0.4, -0.2) is 0 Å². The minimum atomic E-state index is -0.888. The summed E-state index contributed by atoms with van der Waals surface area (Å²) >= 11 is 0. The molecule has 0 amide bonds. The maximum Gasteiger partial charge on any atom is 0.134 e. The molecule has 0 aliphatic rings. The number of halogens is 3. The van der Waals surface area contributed by atoms with Gasteiger partial charge in [-0.2, -0.15) is 0 Å². The van der Waals surface area contributed by atoms with Crippen LogP contribution in [0.4, 0.5) is 13.2 Å². The molecule has 1 aromatic heterocycles. The number of hydrogen-bond acceptors (Lipinski definition) is 2. The summed E-state index contributed by atoms with van der Waals surface area (Å²) in [7, 11) is 0. The van der Waals surface area contributed by atoms with Gasteiger partial charge in [-0.1, -0.05) is 6.07 Å². The third-order valence-electron chi connectivity index (χ3n) is 3.52. The van der Waals surface area contributed by atoms with Crippen molar-refractivity contribution in [3.63, 3.8) is 0 Å². The van der Waals surface area contributed by atoms with Gasteiger partial charge in [0.25, 0.3) is 0 Å². The van der Waals surface area contributed by atoms with Crippen molar-refractivity contribution in [3.05, 3.63) is 70.7 Å². The first-order valence-corrected chi connectivity index (χ1v) is 6.36. The van der Waals surface area contributed by atoms with Crippen LogP contribution in [-0.2, 0) is 0 Å². The lowest BCUT2D eigenvalue weighted by Crippen LogP contribution is -2.14. The van der Waals surface area contributed by atoms with Gasteiger partial charge in [0.15, 0.2) is 0 Å². The number of fused-ring (bicyclic) bond motifs is 1. The highest BCUT2D eigenvalue weighted by Crippen LogP contribution is 2.32. The molecule has 1 heterocycles. The number of nitrogens with two attached hydrogens (primary N) is 1. The lowest BCUT2D eigenvalue weighted by atomic mass is 10.0. The fraction of sp³-hybridized carbons (Fsp3) is 0.125. The van der Waals surface area contributed by atoms with E-state index in [2.05, 4.69) is 0 Å². The molecule has 0 saturated carbocycles. The molecule has 0 aliphatic carbocycles. The van der Waals surface area contributed by atoms with Crippen molar-refractivity contribution in [3.8, 4) is 0 Å². The first-order chi connectivity index (χ1) is 9.97. The van der Waals surface area contributed by atoms with Crippen LogP contribution in [0.5, 0.6) is 0 Å². The van der Waals surface area contributed by atoms with Crippen LogP contribution in [0.2, 0.25) is 0 Å². The summed E-state index contributed by atoms with van der Waals surface area (Å²) in [6.07, 6.45) is 0. The van der Waals surface area contributed by atoms with Gasteiger partial charge in [-0.25, -0.2) is 13.2 Å². The molecule has 2 nitrogen and oxygen atoms in total. The molecule has 0 bridgehead atoms. The number of benzene rings is 2. The van der Waals surface area contributed by atoms with Crippen LogP contribution in [0.15, 0.2) is 40.8 Å². The van der Waals surface area contributed by atoms with E-state index in [1.807, 2.05) is 0 Å². The Balaban J connectivity index is 2.13. The summed E-state index contributed by atoms with van der Waals surface area (Å²) in [6.45, 7) is 1.72. The highest BCUT2D eigenvalue weighted by Gasteiger charge is 2.21. The first-order valence-electron chi connectivity index (χ1n) is 6.36. The zero-order valence-corrected chi connectivity index (χ0v) is 11.2. The number of hydrogen-bond donors (Lipinski definition) is 1. The average molecular weight is 291 g/mol. The molecule has 0 aliphatic heterocycles. The van der Waals surface area contributed by atoms with E-state index in [4.69, 9.17) is 10.2 Å². The van der Waals surface area contributed by atoms with Crippen molar-refractivity contribution in [2.24, 2.45) is 5.73 Å². The van der Waals surface area contributed by atoms with E-state index >= 15 is 0 Å². The lowest BCUT2D eigenvalue weighted by molar-refractivity contribution is 0.502. The minimum Gasteiger partial charge on any atom is -0.459 e. The van der Waals surface area contributed by atoms with Crippen molar-refractivity contribution in [1.82, 2.24) is 0 Å². The summed E-state index contributed by atoms with van der Waals surface area (Å²) in [6, 6.07) is 6.41. The third-order valence-corrected chi connectivity index (χ3v) is 3.52. The van der Waals surface area contributed by atoms with Gasteiger partial charge < -0.3 is 10.2 Å². The predicted molar refractivity (Wildman–Crippen MR) is 73.3 cm³/mol. The molecule has 1 atom stereocenters. The average Bonchev–Trinajstić information content (AvgIpc) is 2.75. The molecule has 0 fully saturated rings. The van der Waals surface area contributed by atoms with Crippen LogP contribution in [0, 0.1) is 24.4 Å². The lowest BCUT2D eigenvalue weighted by Gasteiger charge is -2.11. The van der Waals surface area contributed by atoms with Crippen molar-refractivity contribution in [2.75, 3.05) is 0 Å². The van der Waals surface area contributed by atoms with E-state index in [9.17, 15) is 13.2 Å². The van der Waals surface area contributed by atoms with E-state index in [-0.39, 0.29) is 11.4 Å². The highest BCUT2D eigenvalue weighted by molar-refractivity contribution is 5.82. The largest absolute Gasteiger partial charge is 0.459 e. The van der Waals surface area contributed by atoms with Gasteiger partial charge >= 0.3 is 0 Å². The van der Waals surface area contributed by atoms with Gasteiger partial charge in [-0.05, 0) is 31.2 Å². The van der Waals surface area contributed by atoms with Crippen molar-refractivity contribution in [1.29, 1.82) is 0 Å². The standard InChI is InChI=1S/C16H12F3NO/c1-8-12-6-9(17)3-5-14(12)21-16(8)15(20)11-4-2-10(18)7-13(11)19/h2-7,15H,20H2,1H3. The predicted octanol–water partition coefficient (Wildman–Crippen LogP) is 4.21. The molecule has 108 valence electrons. The van der Waals surface area contributed by atoms with Gasteiger partial charge in [0.2, 0.25) is 0 Å². The Bertz CT molecular complexity index is 826. The fourth-order valence-electron chi connectivity index (χ4n) is 2.40. The molecule has 21 heavy (non-hydrogen) atoms. The summed E-state index contributed by atoms with van der Waals surface area (Å²) in [4.78, 5) is 0. The Morgan fingerprint density at radius 2 is 1.67 bits per heavy atom. The summed E-state index contributed by atoms with van der Waals surface area (Å²) in [5.41, 5.74) is 7.26. The highest BCUT2D eigenvalue weighted by atomic mass is 19.1. The van der Waals surface area contributed by atoms with E-state index in [1.165, 1.54) is 24.3 Å². The van der Waals surface area contributed by atoms with E-state index in [1.54, 1.807) is 6.92 Å². The summed E-state index contributed by atoms with van der Waals surface area (Å²) in [5.74, 6) is -1.47.